The van der Waals surface area contributed by atoms with Gasteiger partial charge in [-0.05, 0) is 35.2 Å². The highest BCUT2D eigenvalue weighted by Crippen LogP contribution is 2.15. The quantitative estimate of drug-likeness (QED) is 0.757. The standard InChI is InChI=1S/C15H13N3/c1-2-15(11-16-6-1)18-9-12-3-4-14-10-17-7-5-13(14)8-12/h1-8,10-11,18H,9H2. The molecular formula is C15H13N3. The molecule has 0 atom stereocenters. The summed E-state index contributed by atoms with van der Waals surface area (Å²) < 4.78 is 0. The molecule has 0 saturated heterocycles. The van der Waals surface area contributed by atoms with E-state index in [9.17, 15) is 0 Å². The number of hydrogen-bond donors (Lipinski definition) is 1. The van der Waals surface area contributed by atoms with E-state index in [1.807, 2.05) is 36.8 Å². The number of benzene rings is 1. The maximum atomic E-state index is 4.11. The number of hydrogen-bond acceptors (Lipinski definition) is 3. The van der Waals surface area contributed by atoms with E-state index >= 15 is 0 Å². The van der Waals surface area contributed by atoms with Crippen molar-refractivity contribution in [1.82, 2.24) is 9.97 Å². The molecule has 2 heterocycles. The summed E-state index contributed by atoms with van der Waals surface area (Å²) >= 11 is 0. The monoisotopic (exact) mass is 235 g/mol. The zero-order chi connectivity index (χ0) is 12.2. The fraction of sp³-hybridized carbons (Fsp3) is 0.0667. The Kier molecular flexibility index (Phi) is 2.88. The lowest BCUT2D eigenvalue weighted by Gasteiger charge is -2.06. The van der Waals surface area contributed by atoms with Crippen molar-refractivity contribution in [2.75, 3.05) is 5.32 Å². The van der Waals surface area contributed by atoms with E-state index in [2.05, 4.69) is 33.5 Å². The Morgan fingerprint density at radius 2 is 1.83 bits per heavy atom. The average molecular weight is 235 g/mol. The molecule has 3 nitrogen and oxygen atoms in total. The molecule has 88 valence electrons. The van der Waals surface area contributed by atoms with Crippen molar-refractivity contribution in [1.29, 1.82) is 0 Å². The van der Waals surface area contributed by atoms with Gasteiger partial charge in [0, 0.05) is 36.7 Å². The van der Waals surface area contributed by atoms with Gasteiger partial charge < -0.3 is 5.32 Å². The van der Waals surface area contributed by atoms with E-state index in [4.69, 9.17) is 0 Å². The summed E-state index contributed by atoms with van der Waals surface area (Å²) in [6.07, 6.45) is 7.30. The third-order valence-electron chi connectivity index (χ3n) is 2.86. The molecule has 0 amide bonds. The number of aromatic nitrogens is 2. The first-order valence-corrected chi connectivity index (χ1v) is 5.88. The van der Waals surface area contributed by atoms with Crippen LogP contribution < -0.4 is 5.32 Å². The molecule has 0 radical (unpaired) electrons. The highest BCUT2D eigenvalue weighted by molar-refractivity contribution is 5.82. The van der Waals surface area contributed by atoms with Crippen molar-refractivity contribution < 1.29 is 0 Å². The van der Waals surface area contributed by atoms with E-state index in [1.54, 1.807) is 6.20 Å². The second-order valence-corrected chi connectivity index (χ2v) is 4.15. The first-order chi connectivity index (χ1) is 8.92. The Hall–Kier alpha value is -2.42. The minimum Gasteiger partial charge on any atom is -0.380 e. The van der Waals surface area contributed by atoms with Crippen molar-refractivity contribution in [2.24, 2.45) is 0 Å². The van der Waals surface area contributed by atoms with Crippen LogP contribution in [0.25, 0.3) is 10.8 Å². The van der Waals surface area contributed by atoms with Gasteiger partial charge in [0.25, 0.3) is 0 Å². The van der Waals surface area contributed by atoms with Crippen molar-refractivity contribution in [3.05, 3.63) is 66.7 Å². The highest BCUT2D eigenvalue weighted by atomic mass is 14.9. The normalized spacial score (nSPS) is 10.4. The van der Waals surface area contributed by atoms with Gasteiger partial charge in [0.2, 0.25) is 0 Å². The van der Waals surface area contributed by atoms with E-state index in [0.29, 0.717) is 0 Å². The number of pyridine rings is 2. The van der Waals surface area contributed by atoms with Gasteiger partial charge in [0.05, 0.1) is 5.69 Å². The maximum Gasteiger partial charge on any atom is 0.0529 e. The first-order valence-electron chi connectivity index (χ1n) is 5.88. The summed E-state index contributed by atoms with van der Waals surface area (Å²) in [5.41, 5.74) is 2.28. The van der Waals surface area contributed by atoms with Crippen molar-refractivity contribution >= 4 is 16.5 Å². The molecule has 1 N–H and O–H groups in total. The lowest BCUT2D eigenvalue weighted by Crippen LogP contribution is -1.99. The van der Waals surface area contributed by atoms with Crippen LogP contribution in [0.5, 0.6) is 0 Å². The summed E-state index contributed by atoms with van der Waals surface area (Å²) in [6, 6.07) is 12.4. The fourth-order valence-electron chi connectivity index (χ4n) is 1.91. The predicted molar refractivity (Wildman–Crippen MR) is 73.3 cm³/mol. The zero-order valence-electron chi connectivity index (χ0n) is 9.88. The molecule has 0 spiro atoms. The molecule has 2 aromatic heterocycles. The number of nitrogens with one attached hydrogen (secondary N) is 1. The van der Waals surface area contributed by atoms with Crippen LogP contribution in [0.15, 0.2) is 61.2 Å². The Morgan fingerprint density at radius 1 is 0.889 bits per heavy atom. The molecule has 18 heavy (non-hydrogen) atoms. The third-order valence-corrected chi connectivity index (χ3v) is 2.86. The van der Waals surface area contributed by atoms with Crippen LogP contribution in [0, 0.1) is 0 Å². The predicted octanol–water partition coefficient (Wildman–Crippen LogP) is 3.24. The summed E-state index contributed by atoms with van der Waals surface area (Å²) in [6.45, 7) is 0.796. The molecule has 0 unspecified atom stereocenters. The molecular weight excluding hydrogens is 222 g/mol. The summed E-state index contributed by atoms with van der Waals surface area (Å²) in [4.78, 5) is 8.19. The highest BCUT2D eigenvalue weighted by Gasteiger charge is 1.97. The summed E-state index contributed by atoms with van der Waals surface area (Å²) in [7, 11) is 0. The van der Waals surface area contributed by atoms with Crippen LogP contribution in [0.4, 0.5) is 5.69 Å². The number of anilines is 1. The number of rotatable bonds is 3. The third kappa shape index (κ3) is 2.30. The molecule has 0 bridgehead atoms. The molecule has 3 heteroatoms. The Bertz CT molecular complexity index is 650. The lowest BCUT2D eigenvalue weighted by molar-refractivity contribution is 1.14. The molecule has 1 aromatic carbocycles. The SMILES string of the molecule is c1cncc(NCc2ccc3cnccc3c2)c1. The summed E-state index contributed by atoms with van der Waals surface area (Å²) in [5.74, 6) is 0. The molecule has 3 rings (SSSR count). The minimum absolute atomic E-state index is 0.796. The maximum absolute atomic E-state index is 4.11. The lowest BCUT2D eigenvalue weighted by atomic mass is 10.1. The van der Waals surface area contributed by atoms with Crippen molar-refractivity contribution in [2.45, 2.75) is 6.54 Å². The van der Waals surface area contributed by atoms with Crippen LogP contribution >= 0.6 is 0 Å². The second kappa shape index (κ2) is 4.84. The molecule has 0 saturated carbocycles. The van der Waals surface area contributed by atoms with Gasteiger partial charge in [-0.25, -0.2) is 0 Å². The van der Waals surface area contributed by atoms with Crippen LogP contribution in [-0.2, 0) is 6.54 Å². The summed E-state index contributed by atoms with van der Waals surface area (Å²) in [5, 5.41) is 5.73. The van der Waals surface area contributed by atoms with E-state index in [0.717, 1.165) is 12.2 Å². The fourth-order valence-corrected chi connectivity index (χ4v) is 1.91. The largest absolute Gasteiger partial charge is 0.380 e. The molecule has 0 fully saturated rings. The Labute approximate surface area is 106 Å². The first kappa shape index (κ1) is 10.7. The Morgan fingerprint density at radius 3 is 2.72 bits per heavy atom. The molecule has 0 aliphatic heterocycles. The van der Waals surface area contributed by atoms with Gasteiger partial charge in [-0.2, -0.15) is 0 Å². The number of nitrogens with zero attached hydrogens (tertiary/aromatic N) is 2. The van der Waals surface area contributed by atoms with Crippen LogP contribution in [0.1, 0.15) is 5.56 Å². The van der Waals surface area contributed by atoms with Gasteiger partial charge in [-0.1, -0.05) is 12.1 Å². The van der Waals surface area contributed by atoms with Crippen LogP contribution in [0.3, 0.4) is 0 Å². The van der Waals surface area contributed by atoms with Gasteiger partial charge in [-0.15, -0.1) is 0 Å². The van der Waals surface area contributed by atoms with Gasteiger partial charge in [0.15, 0.2) is 0 Å². The van der Waals surface area contributed by atoms with Crippen molar-refractivity contribution in [3.8, 4) is 0 Å². The average Bonchev–Trinajstić information content (AvgIpc) is 2.46. The molecule has 0 aliphatic carbocycles. The molecule has 3 aromatic rings. The smallest absolute Gasteiger partial charge is 0.0529 e. The van der Waals surface area contributed by atoms with Gasteiger partial charge >= 0.3 is 0 Å². The van der Waals surface area contributed by atoms with Crippen LogP contribution in [-0.4, -0.2) is 9.97 Å². The van der Waals surface area contributed by atoms with Gasteiger partial charge in [0.1, 0.15) is 0 Å². The van der Waals surface area contributed by atoms with Gasteiger partial charge in [-0.3, -0.25) is 9.97 Å². The van der Waals surface area contributed by atoms with E-state index < -0.39 is 0 Å². The minimum atomic E-state index is 0.796. The van der Waals surface area contributed by atoms with Crippen LogP contribution in [0.2, 0.25) is 0 Å². The topological polar surface area (TPSA) is 37.8 Å². The van der Waals surface area contributed by atoms with Crippen molar-refractivity contribution in [3.63, 3.8) is 0 Å². The molecule has 0 aliphatic rings. The second-order valence-electron chi connectivity index (χ2n) is 4.15. The van der Waals surface area contributed by atoms with E-state index in [1.165, 1.54) is 16.3 Å². The number of fused-ring (bicyclic) bond motifs is 1. The zero-order valence-corrected chi connectivity index (χ0v) is 9.88. The van der Waals surface area contributed by atoms with E-state index in [-0.39, 0.29) is 0 Å². The Balaban J connectivity index is 1.79.